The Morgan fingerprint density at radius 2 is 1.95 bits per heavy atom. The van der Waals surface area contributed by atoms with Crippen molar-refractivity contribution in [3.8, 4) is 17.0 Å². The van der Waals surface area contributed by atoms with Crippen molar-refractivity contribution < 1.29 is 28.6 Å². The lowest BCUT2D eigenvalue weighted by Gasteiger charge is -2.28. The summed E-state index contributed by atoms with van der Waals surface area (Å²) in [5, 5.41) is 20.7. The Kier molecular flexibility index (Phi) is 7.57. The van der Waals surface area contributed by atoms with Crippen LogP contribution in [0.1, 0.15) is 75.8 Å². The molecule has 1 aromatic carbocycles. The summed E-state index contributed by atoms with van der Waals surface area (Å²) in [7, 11) is 0. The number of amides is 1. The van der Waals surface area contributed by atoms with Gasteiger partial charge >= 0.3 is 5.97 Å². The Bertz CT molecular complexity index is 1420. The number of aliphatic carboxylic acids is 1. The third kappa shape index (κ3) is 6.30. The van der Waals surface area contributed by atoms with E-state index in [1.807, 2.05) is 0 Å². The van der Waals surface area contributed by atoms with Gasteiger partial charge in [0.2, 0.25) is 0 Å². The third-order valence-corrected chi connectivity index (χ3v) is 6.18. The van der Waals surface area contributed by atoms with Crippen LogP contribution in [0.25, 0.3) is 16.9 Å². The minimum absolute atomic E-state index is 0.0353. The van der Waals surface area contributed by atoms with E-state index in [0.717, 1.165) is 6.42 Å². The minimum Gasteiger partial charge on any atom is -0.489 e. The Hall–Kier alpha value is -3.73. The topological polar surface area (TPSA) is 127 Å². The van der Waals surface area contributed by atoms with Crippen LogP contribution in [0, 0.1) is 18.2 Å². The molecule has 0 unspecified atom stereocenters. The molecule has 1 aliphatic rings. The monoisotopic (exact) mass is 541 g/mol. The number of carboxylic acids is 1. The first-order valence-corrected chi connectivity index (χ1v) is 12.9. The van der Waals surface area contributed by atoms with Crippen LogP contribution in [0.15, 0.2) is 18.2 Å². The molecule has 3 heterocycles. The smallest absolute Gasteiger partial charge is 0.337 e. The molecule has 0 saturated carbocycles. The highest BCUT2D eigenvalue weighted by Gasteiger charge is 2.34. The maximum absolute atomic E-state index is 15.7. The number of nitrogens with one attached hydrogen (secondary N) is 2. The second-order valence-corrected chi connectivity index (χ2v) is 11.9. The number of carbonyl (C=O) groups excluding carboxylic acids is 1. The van der Waals surface area contributed by atoms with Crippen molar-refractivity contribution in [3.63, 3.8) is 0 Å². The van der Waals surface area contributed by atoms with E-state index in [9.17, 15) is 14.7 Å². The van der Waals surface area contributed by atoms with Crippen molar-refractivity contribution >= 4 is 23.2 Å². The zero-order chi connectivity index (χ0) is 28.7. The number of aromatic nitrogens is 3. The molecule has 0 aliphatic carbocycles. The van der Waals surface area contributed by atoms with Gasteiger partial charge in [0.1, 0.15) is 18.2 Å². The SMILES string of the molecule is Cc1nc2cc(C(=O)NCCC(C)(C)C)nn2c(-c2cc3c(cc2F)OCCN3)c1[C@H](OC(C)(C)C)C(=O)O. The molecule has 1 atom stereocenters. The summed E-state index contributed by atoms with van der Waals surface area (Å²) in [6, 6.07) is 4.32. The first-order chi connectivity index (χ1) is 18.1. The quantitative estimate of drug-likeness (QED) is 0.391. The zero-order valence-corrected chi connectivity index (χ0v) is 23.4. The van der Waals surface area contributed by atoms with Gasteiger partial charge in [-0.3, -0.25) is 4.79 Å². The molecule has 3 N–H and O–H groups in total. The Morgan fingerprint density at radius 3 is 2.59 bits per heavy atom. The van der Waals surface area contributed by atoms with Gasteiger partial charge in [0.05, 0.1) is 17.0 Å². The average molecular weight is 542 g/mol. The van der Waals surface area contributed by atoms with Crippen molar-refractivity contribution in [3.05, 3.63) is 41.0 Å². The van der Waals surface area contributed by atoms with Gasteiger partial charge in [-0.1, -0.05) is 20.8 Å². The number of carboxylic acid groups (broad SMARTS) is 1. The van der Waals surface area contributed by atoms with E-state index in [-0.39, 0.29) is 33.6 Å². The molecule has 0 fully saturated rings. The molecule has 4 rings (SSSR count). The maximum Gasteiger partial charge on any atom is 0.337 e. The number of benzene rings is 1. The second kappa shape index (κ2) is 10.4. The molecule has 0 radical (unpaired) electrons. The highest BCUT2D eigenvalue weighted by molar-refractivity contribution is 5.93. The Balaban J connectivity index is 1.93. The molecule has 39 heavy (non-hydrogen) atoms. The third-order valence-electron chi connectivity index (χ3n) is 6.18. The van der Waals surface area contributed by atoms with E-state index < -0.39 is 29.4 Å². The lowest BCUT2D eigenvalue weighted by atomic mass is 9.92. The molecule has 10 nitrogen and oxygen atoms in total. The van der Waals surface area contributed by atoms with Gasteiger partial charge in [-0.25, -0.2) is 18.7 Å². The maximum atomic E-state index is 15.7. The van der Waals surface area contributed by atoms with Crippen LogP contribution in [-0.4, -0.2) is 56.9 Å². The van der Waals surface area contributed by atoms with E-state index >= 15 is 4.39 Å². The van der Waals surface area contributed by atoms with Crippen molar-refractivity contribution in [1.29, 1.82) is 0 Å². The summed E-state index contributed by atoms with van der Waals surface area (Å²) in [4.78, 5) is 30.0. The van der Waals surface area contributed by atoms with E-state index in [1.54, 1.807) is 33.8 Å². The van der Waals surface area contributed by atoms with Gasteiger partial charge in [-0.15, -0.1) is 0 Å². The number of fused-ring (bicyclic) bond motifs is 2. The van der Waals surface area contributed by atoms with E-state index in [1.165, 1.54) is 16.6 Å². The van der Waals surface area contributed by atoms with E-state index in [0.29, 0.717) is 36.8 Å². The van der Waals surface area contributed by atoms with Gasteiger partial charge in [0, 0.05) is 42.0 Å². The number of carbonyl (C=O) groups is 2. The lowest BCUT2D eigenvalue weighted by Crippen LogP contribution is -2.29. The van der Waals surface area contributed by atoms with E-state index in [2.05, 4.69) is 41.5 Å². The number of halogens is 1. The summed E-state index contributed by atoms with van der Waals surface area (Å²) in [6.45, 7) is 14.4. The van der Waals surface area contributed by atoms with Crippen molar-refractivity contribution in [2.24, 2.45) is 5.41 Å². The number of anilines is 1. The molecular weight excluding hydrogens is 505 g/mol. The number of hydrogen-bond donors (Lipinski definition) is 3. The predicted octanol–water partition coefficient (Wildman–Crippen LogP) is 4.75. The number of aryl methyl sites for hydroxylation is 1. The molecule has 0 saturated heterocycles. The fraction of sp³-hybridized carbons (Fsp3) is 0.500. The predicted molar refractivity (Wildman–Crippen MR) is 145 cm³/mol. The Labute approximate surface area is 226 Å². The summed E-state index contributed by atoms with van der Waals surface area (Å²) < 4.78 is 28.6. The fourth-order valence-electron chi connectivity index (χ4n) is 4.39. The van der Waals surface area contributed by atoms with Crippen LogP contribution in [0.5, 0.6) is 5.75 Å². The number of hydrogen-bond acceptors (Lipinski definition) is 7. The number of rotatable bonds is 7. The molecule has 3 aromatic rings. The van der Waals surface area contributed by atoms with Gasteiger partial charge < -0.3 is 25.2 Å². The molecule has 0 bridgehead atoms. The van der Waals surface area contributed by atoms with E-state index in [4.69, 9.17) is 9.47 Å². The molecule has 210 valence electrons. The van der Waals surface area contributed by atoms with Crippen LogP contribution in [-0.2, 0) is 9.53 Å². The summed E-state index contributed by atoms with van der Waals surface area (Å²) in [5.74, 6) is -1.96. The van der Waals surface area contributed by atoms with Crippen LogP contribution >= 0.6 is 0 Å². The van der Waals surface area contributed by atoms with Crippen molar-refractivity contribution in [1.82, 2.24) is 19.9 Å². The van der Waals surface area contributed by atoms with Gasteiger partial charge in [0.25, 0.3) is 5.91 Å². The van der Waals surface area contributed by atoms with Gasteiger partial charge in [-0.05, 0) is 45.6 Å². The van der Waals surface area contributed by atoms with Crippen LogP contribution in [0.4, 0.5) is 10.1 Å². The standard InChI is InChI=1S/C28H36FN5O5/c1-15-22(24(26(36)37)39-28(5,6)7)23(16-12-18-20(13-17(16)29)38-11-10-30-18)34-21(32-15)14-19(33-34)25(35)31-9-8-27(2,3)4/h12-14,24,30H,8-11H2,1-7H3,(H,31,35)(H,36,37)/t24-/m0/s1. The Morgan fingerprint density at radius 1 is 1.23 bits per heavy atom. The number of nitrogens with zero attached hydrogens (tertiary/aromatic N) is 3. The van der Waals surface area contributed by atoms with Crippen molar-refractivity contribution in [2.45, 2.75) is 66.6 Å². The van der Waals surface area contributed by atoms with Gasteiger partial charge in [-0.2, -0.15) is 5.10 Å². The normalized spacial score (nSPS) is 14.4. The summed E-state index contributed by atoms with van der Waals surface area (Å²) in [5.41, 5.74) is 0.771. The molecular formula is C28H36FN5O5. The lowest BCUT2D eigenvalue weighted by molar-refractivity contribution is -0.160. The highest BCUT2D eigenvalue weighted by atomic mass is 19.1. The van der Waals surface area contributed by atoms with Crippen molar-refractivity contribution in [2.75, 3.05) is 25.0 Å². The number of ether oxygens (including phenoxy) is 2. The summed E-state index contributed by atoms with van der Waals surface area (Å²) in [6.07, 6.45) is -0.719. The van der Waals surface area contributed by atoms with Gasteiger partial charge in [0.15, 0.2) is 17.4 Å². The van der Waals surface area contributed by atoms with Crippen LogP contribution in [0.3, 0.4) is 0 Å². The zero-order valence-electron chi connectivity index (χ0n) is 23.4. The second-order valence-electron chi connectivity index (χ2n) is 11.9. The van der Waals surface area contributed by atoms with Crippen LogP contribution < -0.4 is 15.4 Å². The largest absolute Gasteiger partial charge is 0.489 e. The first-order valence-electron chi connectivity index (χ1n) is 12.9. The molecule has 1 amide bonds. The first kappa shape index (κ1) is 28.3. The average Bonchev–Trinajstić information content (AvgIpc) is 3.24. The molecule has 11 heteroatoms. The highest BCUT2D eigenvalue weighted by Crippen LogP contribution is 2.40. The summed E-state index contributed by atoms with van der Waals surface area (Å²) >= 11 is 0. The molecule has 0 spiro atoms. The van der Waals surface area contributed by atoms with Crippen LogP contribution in [0.2, 0.25) is 0 Å². The fourth-order valence-corrected chi connectivity index (χ4v) is 4.39. The molecule has 2 aromatic heterocycles. The molecule has 1 aliphatic heterocycles. The minimum atomic E-state index is -1.48.